The van der Waals surface area contributed by atoms with E-state index >= 15 is 0 Å². The van der Waals surface area contributed by atoms with Gasteiger partial charge < -0.3 is 0 Å². The van der Waals surface area contributed by atoms with Crippen LogP contribution in [0.1, 0.15) is 81.6 Å². The van der Waals surface area contributed by atoms with E-state index in [-0.39, 0.29) is 70.8 Å². The lowest BCUT2D eigenvalue weighted by Crippen LogP contribution is -2.34. The lowest BCUT2D eigenvalue weighted by molar-refractivity contribution is -0.904. The zero-order valence-electron chi connectivity index (χ0n) is 34.8. The SMILES string of the molecule is C.C.C.C.C.O[n+]1ccc2c(c1)-c1ccccc1CC2.O[n+]1cccc2c1-c1ccccc1CC2.[B].[B].[B].[B].c1ccc2c(c1)CCc1cccnc1-2.c1ccc2c(c1)CCc1ccncc1-2. The third-order valence-corrected chi connectivity index (χ3v) is 11.7. The topological polar surface area (TPSA) is 74.0 Å². The number of hydrogen-bond donors (Lipinski definition) is 2. The Balaban J connectivity index is 0.000000830. The summed E-state index contributed by atoms with van der Waals surface area (Å²) >= 11 is 0. The molecule has 67 heavy (non-hydrogen) atoms. The van der Waals surface area contributed by atoms with E-state index in [2.05, 4.69) is 113 Å². The van der Waals surface area contributed by atoms with E-state index in [0.29, 0.717) is 0 Å². The minimum Gasteiger partial charge on any atom is -0.285 e. The Morgan fingerprint density at radius 2 is 0.776 bits per heavy atom. The van der Waals surface area contributed by atoms with E-state index in [4.69, 9.17) is 0 Å². The minimum absolute atomic E-state index is 0. The molecule has 4 aliphatic rings. The van der Waals surface area contributed by atoms with Crippen LogP contribution in [-0.4, -0.2) is 54.0 Å². The predicted molar refractivity (Wildman–Crippen MR) is 284 cm³/mol. The van der Waals surface area contributed by atoms with Gasteiger partial charge in [0.25, 0.3) is 5.69 Å². The molecule has 336 valence electrons. The molecule has 10 heteroatoms. The molecule has 12 rings (SSSR count). The van der Waals surface area contributed by atoms with Crippen LogP contribution in [-0.2, 0) is 51.4 Å². The highest BCUT2D eigenvalue weighted by atomic mass is 16.5. The second-order valence-corrected chi connectivity index (χ2v) is 15.2. The van der Waals surface area contributed by atoms with E-state index in [1.54, 1.807) is 18.6 Å². The van der Waals surface area contributed by atoms with Gasteiger partial charge in [0.05, 0.1) is 16.8 Å². The van der Waals surface area contributed by atoms with Crippen molar-refractivity contribution in [1.82, 2.24) is 9.97 Å². The lowest BCUT2D eigenvalue weighted by atomic mass is 9.87. The highest BCUT2D eigenvalue weighted by Gasteiger charge is 2.25. The minimum atomic E-state index is 0. The van der Waals surface area contributed by atoms with Crippen LogP contribution >= 0.6 is 0 Å². The molecule has 0 bridgehead atoms. The zero-order chi connectivity index (χ0) is 39.3. The molecule has 4 heterocycles. The molecule has 0 fully saturated rings. The van der Waals surface area contributed by atoms with Crippen LogP contribution in [0.3, 0.4) is 0 Å². The van der Waals surface area contributed by atoms with Gasteiger partial charge in [-0.25, -0.2) is 0 Å². The van der Waals surface area contributed by atoms with E-state index < -0.39 is 0 Å². The van der Waals surface area contributed by atoms with Gasteiger partial charge in [0.2, 0.25) is 18.6 Å². The highest BCUT2D eigenvalue weighted by Crippen LogP contribution is 2.34. The number of aryl methyl sites for hydroxylation is 8. The van der Waals surface area contributed by atoms with Gasteiger partial charge in [-0.1, -0.05) is 134 Å². The molecule has 12 radical (unpaired) electrons. The second kappa shape index (κ2) is 27.7. The van der Waals surface area contributed by atoms with E-state index in [1.165, 1.54) is 77.2 Å². The van der Waals surface area contributed by atoms with Crippen molar-refractivity contribution < 1.29 is 19.9 Å². The van der Waals surface area contributed by atoms with Crippen LogP contribution < -0.4 is 9.46 Å². The Kier molecular flexibility index (Phi) is 25.0. The van der Waals surface area contributed by atoms with Gasteiger partial charge in [-0.3, -0.25) is 20.4 Å². The number of pyridine rings is 4. The second-order valence-electron chi connectivity index (χ2n) is 15.2. The summed E-state index contributed by atoms with van der Waals surface area (Å²) in [7, 11) is 0. The Morgan fingerprint density at radius 1 is 0.358 bits per heavy atom. The number of fused-ring (bicyclic) bond motifs is 12. The van der Waals surface area contributed by atoms with Crippen LogP contribution in [0.2, 0.25) is 0 Å². The monoisotopic (exact) mass is 883 g/mol. The Hall–Kier alpha value is -6.66. The molecule has 6 nitrogen and oxygen atoms in total. The summed E-state index contributed by atoms with van der Waals surface area (Å²) in [5, 5.41) is 19.3. The van der Waals surface area contributed by atoms with Crippen LogP contribution in [0.5, 0.6) is 0 Å². The summed E-state index contributed by atoms with van der Waals surface area (Å²) in [5.74, 6) is 0. The molecule has 0 aliphatic heterocycles. The number of benzene rings is 4. The van der Waals surface area contributed by atoms with Crippen molar-refractivity contribution in [2.75, 3.05) is 0 Å². The largest absolute Gasteiger partial charge is 0.285 e. The fourth-order valence-electron chi connectivity index (χ4n) is 8.80. The van der Waals surface area contributed by atoms with Crippen molar-refractivity contribution in [3.8, 4) is 44.8 Å². The quantitative estimate of drug-likeness (QED) is 0.0904. The molecule has 0 spiro atoms. The van der Waals surface area contributed by atoms with Crippen LogP contribution in [0, 0.1) is 0 Å². The molecule has 0 unspecified atom stereocenters. The Morgan fingerprint density at radius 3 is 1.37 bits per heavy atom. The van der Waals surface area contributed by atoms with Crippen molar-refractivity contribution in [3.63, 3.8) is 0 Å². The van der Waals surface area contributed by atoms with Gasteiger partial charge in [-0.05, 0) is 126 Å². The maximum Gasteiger partial charge on any atom is 0.267 e. The fourth-order valence-corrected chi connectivity index (χ4v) is 8.80. The maximum atomic E-state index is 9.82. The van der Waals surface area contributed by atoms with Crippen molar-refractivity contribution in [2.45, 2.75) is 88.5 Å². The summed E-state index contributed by atoms with van der Waals surface area (Å²) in [4.78, 5) is 8.66. The number of rotatable bonds is 0. The number of hydrogen-bond acceptors (Lipinski definition) is 4. The smallest absolute Gasteiger partial charge is 0.267 e. The molecule has 4 aromatic carbocycles. The standard InChI is InChI=1S/2C13H12NO.2C13H11N.5CH4.4B/c15-14-9-3-5-11-8-7-10-4-1-2-6-12(10)13(11)14;15-14-8-7-11-6-5-10-3-1-2-4-12(10)13(11)9-14;1-2-6-12-10(4-1)7-8-11-5-3-9-14-13(11)12;1-2-4-12-10(3-1)5-6-11-7-8-14-9-13(11)12;;;;;;;;;/h1-6,9,15H,7-8H2;1-4,7-9,15H,5-6H2;1-6,9H,7-8H2;1-4,7-9H,5-6H2;5*1H4;;;;/q2*+1;;;;;;;;;;;. The average Bonchev–Trinajstić information content (AvgIpc) is 3.29. The van der Waals surface area contributed by atoms with Crippen molar-refractivity contribution >= 4 is 33.7 Å². The molecular formula is C57H66B4N4O2+2. The first-order valence-corrected chi connectivity index (χ1v) is 20.3. The first-order valence-electron chi connectivity index (χ1n) is 20.3. The fraction of sp³-hybridized carbons (Fsp3) is 0.228. The molecule has 4 aromatic heterocycles. The van der Waals surface area contributed by atoms with E-state index in [9.17, 15) is 10.4 Å². The van der Waals surface area contributed by atoms with Gasteiger partial charge >= 0.3 is 0 Å². The van der Waals surface area contributed by atoms with Crippen LogP contribution in [0.15, 0.2) is 171 Å². The summed E-state index contributed by atoms with van der Waals surface area (Å²) in [6.45, 7) is 0. The summed E-state index contributed by atoms with van der Waals surface area (Å²) in [5.41, 5.74) is 20.6. The lowest BCUT2D eigenvalue weighted by Gasteiger charge is -2.18. The van der Waals surface area contributed by atoms with Gasteiger partial charge in [-0.15, -0.1) is 0 Å². The molecule has 4 aliphatic carbocycles. The Labute approximate surface area is 410 Å². The first kappa shape index (κ1) is 60.3. The molecule has 0 saturated heterocycles. The van der Waals surface area contributed by atoms with Gasteiger partial charge in [0, 0.05) is 90.5 Å². The van der Waals surface area contributed by atoms with Gasteiger partial charge in [-0.2, -0.15) is 0 Å². The molecule has 0 saturated carbocycles. The summed E-state index contributed by atoms with van der Waals surface area (Å²) in [6, 6.07) is 46.1. The van der Waals surface area contributed by atoms with Crippen molar-refractivity contribution in [1.29, 1.82) is 0 Å². The van der Waals surface area contributed by atoms with E-state index in [0.717, 1.165) is 72.9 Å². The normalized spacial score (nSPS) is 11.3. The van der Waals surface area contributed by atoms with Crippen LogP contribution in [0.4, 0.5) is 0 Å². The molecular weight excluding hydrogens is 816 g/mol. The third kappa shape index (κ3) is 13.0. The highest BCUT2D eigenvalue weighted by molar-refractivity contribution is 5.76. The maximum absolute atomic E-state index is 9.82. The van der Waals surface area contributed by atoms with Crippen molar-refractivity contribution in [3.05, 3.63) is 215 Å². The molecule has 0 atom stereocenters. The van der Waals surface area contributed by atoms with Gasteiger partial charge in [0.15, 0.2) is 0 Å². The zero-order valence-corrected chi connectivity index (χ0v) is 34.8. The summed E-state index contributed by atoms with van der Waals surface area (Å²) < 4.78 is 2.36. The third-order valence-electron chi connectivity index (χ3n) is 11.7. The van der Waals surface area contributed by atoms with Crippen LogP contribution in [0.25, 0.3) is 44.8 Å². The number of aromatic nitrogens is 4. The molecule has 0 amide bonds. The summed E-state index contributed by atoms with van der Waals surface area (Å²) in [6.07, 6.45) is 19.7. The van der Waals surface area contributed by atoms with Crippen molar-refractivity contribution in [2.24, 2.45) is 0 Å². The van der Waals surface area contributed by atoms with Gasteiger partial charge in [0.1, 0.15) is 0 Å². The van der Waals surface area contributed by atoms with E-state index in [1.807, 2.05) is 48.9 Å². The Bertz CT molecular complexity index is 2580. The first-order chi connectivity index (χ1) is 28.6. The molecule has 8 aromatic rings. The average molecular weight is 882 g/mol. The number of nitrogens with zero attached hydrogens (tertiary/aromatic N) is 4. The predicted octanol–water partition coefficient (Wildman–Crippen LogP) is 11.3. The molecule has 2 N–H and O–H groups in total.